The zero-order chi connectivity index (χ0) is 10.2. The van der Waals surface area contributed by atoms with Crippen LogP contribution in [0.25, 0.3) is 0 Å². The second-order valence-corrected chi connectivity index (χ2v) is 4.47. The highest BCUT2D eigenvalue weighted by molar-refractivity contribution is 4.99. The van der Waals surface area contributed by atoms with Crippen molar-refractivity contribution in [2.24, 2.45) is 5.41 Å². The molecule has 0 aromatic heterocycles. The van der Waals surface area contributed by atoms with Gasteiger partial charge in [-0.25, -0.2) is 0 Å². The molecule has 0 aliphatic heterocycles. The van der Waals surface area contributed by atoms with Crippen molar-refractivity contribution < 1.29 is 0 Å². The van der Waals surface area contributed by atoms with E-state index in [1.165, 1.54) is 12.8 Å². The van der Waals surface area contributed by atoms with Crippen molar-refractivity contribution in [3.8, 4) is 0 Å². The molecule has 0 saturated heterocycles. The van der Waals surface area contributed by atoms with Crippen LogP contribution in [0, 0.1) is 5.41 Å². The molecule has 0 N–H and O–H groups in total. The normalized spacial score (nSPS) is 10.2. The lowest BCUT2D eigenvalue weighted by Gasteiger charge is -2.15. The first-order valence-electron chi connectivity index (χ1n) is 5.06. The van der Waals surface area contributed by atoms with Crippen LogP contribution in [-0.2, 0) is 0 Å². The van der Waals surface area contributed by atoms with Gasteiger partial charge in [-0.2, -0.15) is 0 Å². The molecule has 1 aromatic rings. The van der Waals surface area contributed by atoms with Gasteiger partial charge in [0, 0.05) is 0 Å². The Balaban J connectivity index is 0.000000223. The van der Waals surface area contributed by atoms with E-state index in [1.807, 2.05) is 36.4 Å². The van der Waals surface area contributed by atoms with Crippen LogP contribution in [0.2, 0.25) is 0 Å². The first kappa shape index (κ1) is 12.2. The predicted molar refractivity (Wildman–Crippen MR) is 60.8 cm³/mol. The molecule has 0 heteroatoms. The lowest BCUT2D eigenvalue weighted by molar-refractivity contribution is 0.373. The minimum atomic E-state index is 0.550. The molecule has 0 aliphatic rings. The lowest BCUT2D eigenvalue weighted by Crippen LogP contribution is -2.02. The fraction of sp³-hybridized carbons (Fsp3) is 0.538. The Hall–Kier alpha value is -0.780. The van der Waals surface area contributed by atoms with Gasteiger partial charge in [-0.15, -0.1) is 0 Å². The largest absolute Gasteiger partial charge is 0.0654 e. The van der Waals surface area contributed by atoms with Crippen molar-refractivity contribution in [1.29, 1.82) is 0 Å². The van der Waals surface area contributed by atoms with Crippen molar-refractivity contribution in [2.45, 2.75) is 40.5 Å². The number of hydrogen-bond acceptors (Lipinski definition) is 0. The van der Waals surface area contributed by atoms with Gasteiger partial charge in [0.2, 0.25) is 0 Å². The molecule has 0 saturated carbocycles. The first-order chi connectivity index (χ1) is 6.06. The Morgan fingerprint density at radius 2 is 1.08 bits per heavy atom. The molecular formula is C13H22. The van der Waals surface area contributed by atoms with E-state index in [9.17, 15) is 0 Å². The third kappa shape index (κ3) is 11.2. The van der Waals surface area contributed by atoms with E-state index < -0.39 is 0 Å². The molecule has 0 atom stereocenters. The molecule has 0 amide bonds. The van der Waals surface area contributed by atoms with Gasteiger partial charge in [-0.05, 0) is 11.8 Å². The number of benzene rings is 1. The summed E-state index contributed by atoms with van der Waals surface area (Å²) in [6.07, 6.45) is 2.65. The average Bonchev–Trinajstić information content (AvgIpc) is 2.06. The second-order valence-electron chi connectivity index (χ2n) is 4.47. The quantitative estimate of drug-likeness (QED) is 0.593. The smallest absolute Gasteiger partial charge is 0.0383 e. The molecule has 0 fully saturated rings. The van der Waals surface area contributed by atoms with Gasteiger partial charge < -0.3 is 0 Å². The van der Waals surface area contributed by atoms with Crippen molar-refractivity contribution >= 4 is 0 Å². The molecule has 0 bridgehead atoms. The van der Waals surface area contributed by atoms with Crippen LogP contribution in [0.5, 0.6) is 0 Å². The summed E-state index contributed by atoms with van der Waals surface area (Å²) in [6, 6.07) is 12.0. The van der Waals surface area contributed by atoms with E-state index in [2.05, 4.69) is 27.7 Å². The van der Waals surface area contributed by atoms with E-state index in [4.69, 9.17) is 0 Å². The summed E-state index contributed by atoms with van der Waals surface area (Å²) in [5.74, 6) is 0. The van der Waals surface area contributed by atoms with Gasteiger partial charge in [0.1, 0.15) is 0 Å². The first-order valence-corrected chi connectivity index (χ1v) is 5.06. The van der Waals surface area contributed by atoms with Gasteiger partial charge in [0.25, 0.3) is 0 Å². The molecule has 74 valence electrons. The minimum absolute atomic E-state index is 0.550. The van der Waals surface area contributed by atoms with Crippen LogP contribution in [-0.4, -0.2) is 0 Å². The molecule has 0 heterocycles. The summed E-state index contributed by atoms with van der Waals surface area (Å²) in [6.45, 7) is 9.05. The predicted octanol–water partition coefficient (Wildman–Crippen LogP) is 4.52. The molecule has 1 rings (SSSR count). The van der Waals surface area contributed by atoms with E-state index in [0.717, 1.165) is 0 Å². The molecule has 1 aromatic carbocycles. The van der Waals surface area contributed by atoms with Crippen molar-refractivity contribution in [3.63, 3.8) is 0 Å². The van der Waals surface area contributed by atoms with E-state index in [1.54, 1.807) is 0 Å². The Morgan fingerprint density at radius 1 is 0.769 bits per heavy atom. The highest BCUT2D eigenvalue weighted by atomic mass is 14.1. The van der Waals surface area contributed by atoms with Crippen LogP contribution >= 0.6 is 0 Å². The molecule has 0 aliphatic carbocycles. The van der Waals surface area contributed by atoms with E-state index in [0.29, 0.717) is 5.41 Å². The van der Waals surface area contributed by atoms with Crippen molar-refractivity contribution in [1.82, 2.24) is 0 Å². The zero-order valence-electron chi connectivity index (χ0n) is 9.38. The summed E-state index contributed by atoms with van der Waals surface area (Å²) >= 11 is 0. The monoisotopic (exact) mass is 178 g/mol. The maximum absolute atomic E-state index is 2.27. The summed E-state index contributed by atoms with van der Waals surface area (Å²) in [4.78, 5) is 0. The van der Waals surface area contributed by atoms with Gasteiger partial charge >= 0.3 is 0 Å². The Bertz CT molecular complexity index is 154. The van der Waals surface area contributed by atoms with Crippen LogP contribution in [0.15, 0.2) is 36.4 Å². The number of hydrogen-bond donors (Lipinski definition) is 0. The fourth-order valence-electron chi connectivity index (χ4n) is 1.13. The summed E-state index contributed by atoms with van der Waals surface area (Å²) in [5, 5.41) is 0. The van der Waals surface area contributed by atoms with Crippen molar-refractivity contribution in [2.75, 3.05) is 0 Å². The fourth-order valence-corrected chi connectivity index (χ4v) is 1.13. The summed E-state index contributed by atoms with van der Waals surface area (Å²) in [7, 11) is 0. The van der Waals surface area contributed by atoms with Crippen LogP contribution in [0.3, 0.4) is 0 Å². The molecule has 0 nitrogen and oxygen atoms in total. The molecular weight excluding hydrogens is 156 g/mol. The summed E-state index contributed by atoms with van der Waals surface area (Å²) < 4.78 is 0. The number of rotatable bonds is 1. The van der Waals surface area contributed by atoms with Crippen LogP contribution < -0.4 is 0 Å². The highest BCUT2D eigenvalue weighted by Gasteiger charge is 2.06. The highest BCUT2D eigenvalue weighted by Crippen LogP contribution is 2.19. The van der Waals surface area contributed by atoms with Gasteiger partial charge in [0.05, 0.1) is 0 Å². The molecule has 0 radical (unpaired) electrons. The Morgan fingerprint density at radius 3 is 1.15 bits per heavy atom. The molecule has 13 heavy (non-hydrogen) atoms. The topological polar surface area (TPSA) is 0 Å². The minimum Gasteiger partial charge on any atom is -0.0654 e. The second kappa shape index (κ2) is 6.71. The SMILES string of the molecule is CCCC(C)(C)C.c1ccccc1. The van der Waals surface area contributed by atoms with Gasteiger partial charge in [0.15, 0.2) is 0 Å². The average molecular weight is 178 g/mol. The van der Waals surface area contributed by atoms with Gasteiger partial charge in [-0.1, -0.05) is 70.5 Å². The Labute approximate surface area is 83.0 Å². The Kier molecular flexibility index (Phi) is 6.30. The standard InChI is InChI=1S/C7H16.C6H6/c1-5-6-7(2,3)4;1-2-4-6-5-3-1/h5-6H2,1-4H3;1-6H. The third-order valence-electron chi connectivity index (χ3n) is 1.67. The van der Waals surface area contributed by atoms with Crippen LogP contribution in [0.4, 0.5) is 0 Å². The maximum atomic E-state index is 2.27. The van der Waals surface area contributed by atoms with Crippen molar-refractivity contribution in [3.05, 3.63) is 36.4 Å². The van der Waals surface area contributed by atoms with E-state index >= 15 is 0 Å². The maximum Gasteiger partial charge on any atom is -0.0383 e. The van der Waals surface area contributed by atoms with Gasteiger partial charge in [-0.3, -0.25) is 0 Å². The molecule has 0 unspecified atom stereocenters. The van der Waals surface area contributed by atoms with E-state index in [-0.39, 0.29) is 0 Å². The molecule has 0 spiro atoms. The lowest BCUT2D eigenvalue weighted by atomic mass is 9.91. The third-order valence-corrected chi connectivity index (χ3v) is 1.67. The summed E-state index contributed by atoms with van der Waals surface area (Å²) in [5.41, 5.74) is 0.550. The van der Waals surface area contributed by atoms with Crippen LogP contribution in [0.1, 0.15) is 40.5 Å². The zero-order valence-corrected chi connectivity index (χ0v) is 9.38.